The number of hydrogen-bond acceptors (Lipinski definition) is 4. The lowest BCUT2D eigenvalue weighted by atomic mass is 9.79. The van der Waals surface area contributed by atoms with Crippen LogP contribution >= 0.6 is 0 Å². The molecule has 2 aromatic heterocycles. The quantitative estimate of drug-likeness (QED) is 0.395. The number of imidazole rings is 1. The number of hydrogen-bond donors (Lipinski definition) is 1. The van der Waals surface area contributed by atoms with E-state index in [9.17, 15) is 10.1 Å². The van der Waals surface area contributed by atoms with E-state index in [0.717, 1.165) is 32.5 Å². The van der Waals surface area contributed by atoms with Gasteiger partial charge in [0.2, 0.25) is 0 Å². The third kappa shape index (κ3) is 3.21. The van der Waals surface area contributed by atoms with Gasteiger partial charge in [-0.1, -0.05) is 42.5 Å². The molecule has 0 spiro atoms. The molecule has 0 saturated heterocycles. The molecule has 36 heavy (non-hydrogen) atoms. The van der Waals surface area contributed by atoms with Crippen molar-refractivity contribution in [3.05, 3.63) is 123 Å². The Bertz CT molecular complexity index is 1880. The van der Waals surface area contributed by atoms with E-state index in [1.54, 1.807) is 30.7 Å². The molecule has 1 atom stereocenters. The van der Waals surface area contributed by atoms with Gasteiger partial charge in [-0.2, -0.15) is 5.26 Å². The molecule has 2 heterocycles. The van der Waals surface area contributed by atoms with Gasteiger partial charge in [0.25, 0.3) is 5.56 Å². The monoisotopic (exact) mass is 474 g/mol. The van der Waals surface area contributed by atoms with Gasteiger partial charge in [-0.25, -0.2) is 4.98 Å². The molecule has 0 amide bonds. The van der Waals surface area contributed by atoms with Gasteiger partial charge in [-0.3, -0.25) is 4.79 Å². The van der Waals surface area contributed by atoms with E-state index < -0.39 is 18.1 Å². The van der Waals surface area contributed by atoms with Crippen molar-refractivity contribution in [1.82, 2.24) is 14.1 Å². The number of nitrogens with zero attached hydrogens (tertiary/aromatic N) is 4. The first-order valence-electron chi connectivity index (χ1n) is 13.2. The molecule has 0 radical (unpaired) electrons. The van der Waals surface area contributed by atoms with Gasteiger partial charge in [0.05, 0.1) is 35.4 Å². The van der Waals surface area contributed by atoms with Crippen LogP contribution in [0.1, 0.15) is 37.6 Å². The van der Waals surface area contributed by atoms with Crippen LogP contribution in [0.2, 0.25) is 0 Å². The first-order valence-corrected chi connectivity index (χ1v) is 11.7. The zero-order chi connectivity index (χ0) is 27.5. The summed E-state index contributed by atoms with van der Waals surface area (Å²) in [5, 5.41) is 10.4. The Kier molecular flexibility index (Phi) is 4.20. The predicted octanol–water partition coefficient (Wildman–Crippen LogP) is 4.16. The molecule has 176 valence electrons. The number of benzene rings is 3. The number of nitrogens with two attached hydrogens (primary N) is 1. The lowest BCUT2D eigenvalue weighted by Gasteiger charge is -2.32. The van der Waals surface area contributed by atoms with Crippen LogP contribution < -0.4 is 11.3 Å². The number of nitriles is 1. The summed E-state index contributed by atoms with van der Waals surface area (Å²) in [4.78, 5) is 17.5. The zero-order valence-electron chi connectivity index (χ0n) is 22.7. The number of pyridine rings is 1. The third-order valence-electron chi connectivity index (χ3n) is 7.29. The fraction of sp³-hybridized carbons (Fsp3) is 0.167. The van der Waals surface area contributed by atoms with Crippen molar-refractivity contribution in [3.8, 4) is 17.2 Å². The molecule has 0 saturated carbocycles. The summed E-state index contributed by atoms with van der Waals surface area (Å²) in [7, 11) is 1.87. The smallest absolute Gasteiger partial charge is 0.251 e. The van der Waals surface area contributed by atoms with Crippen LogP contribution in [0.5, 0.6) is 0 Å². The molecular formula is C30H25N5O. The number of aryl methyl sites for hydroxylation is 4. The Morgan fingerprint density at radius 3 is 2.69 bits per heavy atom. The van der Waals surface area contributed by atoms with Gasteiger partial charge in [0.1, 0.15) is 5.54 Å². The zero-order valence-corrected chi connectivity index (χ0v) is 19.7. The highest BCUT2D eigenvalue weighted by atomic mass is 16.1. The topological polar surface area (TPSA) is 89.6 Å². The van der Waals surface area contributed by atoms with Crippen molar-refractivity contribution >= 4 is 10.9 Å². The van der Waals surface area contributed by atoms with Crippen molar-refractivity contribution in [2.75, 3.05) is 0 Å². The molecule has 6 rings (SSSR count). The second kappa shape index (κ2) is 8.04. The van der Waals surface area contributed by atoms with E-state index >= 15 is 0 Å². The SMILES string of the molecule is [2H]C([2H])([2H])n1c(=O)cc2c3cc(ccc31)[C@](N)(c1cncn1C)c1ccc(C#N)c(c1)CCc1cccc-2c1. The molecule has 6 bridgehead atoms. The Morgan fingerprint density at radius 1 is 1.08 bits per heavy atom. The molecular weight excluding hydrogens is 446 g/mol. The van der Waals surface area contributed by atoms with Crippen LogP contribution in [0, 0.1) is 11.3 Å². The first-order chi connectivity index (χ1) is 18.6. The highest BCUT2D eigenvalue weighted by molar-refractivity contribution is 5.95. The predicted molar refractivity (Wildman–Crippen MR) is 140 cm³/mol. The first kappa shape index (κ1) is 18.8. The molecule has 6 nitrogen and oxygen atoms in total. The fourth-order valence-electron chi connectivity index (χ4n) is 5.34. The van der Waals surface area contributed by atoms with Crippen molar-refractivity contribution in [1.29, 1.82) is 5.26 Å². The van der Waals surface area contributed by atoms with Crippen molar-refractivity contribution < 1.29 is 4.11 Å². The summed E-state index contributed by atoms with van der Waals surface area (Å²) in [5.41, 5.74) is 12.0. The van der Waals surface area contributed by atoms with Gasteiger partial charge < -0.3 is 14.9 Å². The van der Waals surface area contributed by atoms with E-state index in [1.807, 2.05) is 54.1 Å². The molecule has 1 aliphatic rings. The van der Waals surface area contributed by atoms with Gasteiger partial charge >= 0.3 is 0 Å². The summed E-state index contributed by atoms with van der Waals surface area (Å²) in [6.45, 7) is -2.66. The Hall–Kier alpha value is -4.47. The summed E-state index contributed by atoms with van der Waals surface area (Å²) < 4.78 is 26.9. The standard InChI is InChI=1S/C30H25N5O/c1-34-18-33-17-28(34)30(32)23-9-8-22(16-31)20(13-23)7-6-19-4-3-5-21(12-19)25-15-29(36)35(2)27-11-10-24(30)14-26(25)27/h3-5,8-15,17-18H,6-7,32H2,1-2H3/t30-/m0/s1/i2D3. The normalized spacial score (nSPS) is 18.3. The fourth-order valence-corrected chi connectivity index (χ4v) is 5.34. The van der Waals surface area contributed by atoms with Crippen LogP contribution in [-0.4, -0.2) is 14.1 Å². The molecule has 5 aromatic rings. The van der Waals surface area contributed by atoms with Crippen LogP contribution in [0.3, 0.4) is 0 Å². The maximum absolute atomic E-state index is 13.2. The second-order valence-corrected chi connectivity index (χ2v) is 9.35. The van der Waals surface area contributed by atoms with Crippen molar-refractivity contribution in [2.24, 2.45) is 19.8 Å². The van der Waals surface area contributed by atoms with Gasteiger partial charge in [0.15, 0.2) is 0 Å². The summed E-state index contributed by atoms with van der Waals surface area (Å²) in [6.07, 6.45) is 4.69. The van der Waals surface area contributed by atoms with E-state index in [4.69, 9.17) is 9.85 Å². The minimum Gasteiger partial charge on any atom is -0.336 e. The molecule has 0 fully saturated rings. The highest BCUT2D eigenvalue weighted by Gasteiger charge is 2.35. The second-order valence-electron chi connectivity index (χ2n) is 9.35. The number of aromatic nitrogens is 3. The average molecular weight is 475 g/mol. The summed E-state index contributed by atoms with van der Waals surface area (Å²) in [5.74, 6) is 0. The lowest BCUT2D eigenvalue weighted by Crippen LogP contribution is -2.41. The lowest BCUT2D eigenvalue weighted by molar-refractivity contribution is 0.595. The van der Waals surface area contributed by atoms with Crippen LogP contribution in [0.15, 0.2) is 84.0 Å². The van der Waals surface area contributed by atoms with Crippen LogP contribution in [-0.2, 0) is 32.4 Å². The van der Waals surface area contributed by atoms with Gasteiger partial charge in [-0.15, -0.1) is 0 Å². The van der Waals surface area contributed by atoms with Gasteiger partial charge in [0, 0.05) is 29.6 Å². The van der Waals surface area contributed by atoms with Crippen LogP contribution in [0.25, 0.3) is 22.0 Å². The Balaban J connectivity index is 1.78. The molecule has 1 aliphatic carbocycles. The molecule has 2 N–H and O–H groups in total. The molecule has 6 heteroatoms. The molecule has 3 aromatic carbocycles. The van der Waals surface area contributed by atoms with E-state index in [1.165, 1.54) is 6.07 Å². The number of rotatable bonds is 1. The van der Waals surface area contributed by atoms with Gasteiger partial charge in [-0.05, 0) is 64.4 Å². The highest BCUT2D eigenvalue weighted by Crippen LogP contribution is 2.38. The summed E-state index contributed by atoms with van der Waals surface area (Å²) in [6, 6.07) is 22.6. The minimum absolute atomic E-state index is 0.300. The average Bonchev–Trinajstić information content (AvgIpc) is 3.35. The molecule has 0 aliphatic heterocycles. The third-order valence-corrected chi connectivity index (χ3v) is 7.29. The van der Waals surface area contributed by atoms with Crippen molar-refractivity contribution in [3.63, 3.8) is 0 Å². The summed E-state index contributed by atoms with van der Waals surface area (Å²) >= 11 is 0. The van der Waals surface area contributed by atoms with E-state index in [2.05, 4.69) is 11.1 Å². The van der Waals surface area contributed by atoms with Crippen LogP contribution in [0.4, 0.5) is 0 Å². The number of fused-ring (bicyclic) bond motifs is 6. The van der Waals surface area contributed by atoms with E-state index in [0.29, 0.717) is 40.4 Å². The molecule has 0 unspecified atom stereocenters. The maximum atomic E-state index is 13.2. The maximum Gasteiger partial charge on any atom is 0.251 e. The minimum atomic E-state index is -2.66. The Morgan fingerprint density at radius 2 is 1.92 bits per heavy atom. The largest absolute Gasteiger partial charge is 0.336 e. The van der Waals surface area contributed by atoms with E-state index in [-0.39, 0.29) is 0 Å². The Labute approximate surface area is 213 Å². The van der Waals surface area contributed by atoms with Crippen molar-refractivity contribution in [2.45, 2.75) is 18.4 Å².